The first kappa shape index (κ1) is 8.38. The number of nitrogen functional groups attached to an aromatic ring is 1. The Morgan fingerprint density at radius 3 is 3.00 bits per heavy atom. The molecule has 2 N–H and O–H groups in total. The minimum atomic E-state index is 0.426. The molecule has 2 rings (SSSR count). The van der Waals surface area contributed by atoms with Gasteiger partial charge >= 0.3 is 0 Å². The van der Waals surface area contributed by atoms with E-state index in [1.807, 2.05) is 6.07 Å². The van der Waals surface area contributed by atoms with Crippen LogP contribution in [-0.2, 0) is 0 Å². The molecule has 0 radical (unpaired) electrons. The predicted molar refractivity (Wildman–Crippen MR) is 50.9 cm³/mol. The summed E-state index contributed by atoms with van der Waals surface area (Å²) in [6.07, 6.45) is 1.50. The molecule has 5 heteroatoms. The fraction of sp³-hybridized carbons (Fsp3) is 0.111. The molecule has 2 aromatic heterocycles. The van der Waals surface area contributed by atoms with Gasteiger partial charge in [0.25, 0.3) is 0 Å². The number of fused-ring (bicyclic) bond motifs is 1. The third-order valence-electron chi connectivity index (χ3n) is 1.98. The molecule has 2 aromatic rings. The molecular weight excluding hydrogens is 180 g/mol. The van der Waals surface area contributed by atoms with Crippen LogP contribution in [0.4, 0.5) is 5.82 Å². The van der Waals surface area contributed by atoms with Crippen molar-refractivity contribution >= 4 is 11.5 Å². The van der Waals surface area contributed by atoms with E-state index < -0.39 is 0 Å². The highest BCUT2D eigenvalue weighted by atomic mass is 16.5. The summed E-state index contributed by atoms with van der Waals surface area (Å²) >= 11 is 0. The molecule has 0 bridgehead atoms. The van der Waals surface area contributed by atoms with Crippen LogP contribution >= 0.6 is 0 Å². The van der Waals surface area contributed by atoms with E-state index in [1.165, 1.54) is 6.20 Å². The molecule has 0 atom stereocenters. The van der Waals surface area contributed by atoms with Crippen LogP contribution in [0.2, 0.25) is 0 Å². The molecule has 0 saturated heterocycles. The summed E-state index contributed by atoms with van der Waals surface area (Å²) in [6.45, 7) is 0. The first-order valence-electron chi connectivity index (χ1n) is 3.98. The van der Waals surface area contributed by atoms with Gasteiger partial charge < -0.3 is 10.5 Å². The second-order valence-corrected chi connectivity index (χ2v) is 2.74. The summed E-state index contributed by atoms with van der Waals surface area (Å²) in [7, 11) is 1.55. The lowest BCUT2D eigenvalue weighted by Crippen LogP contribution is -1.99. The molecular formula is C9H8N4O. The van der Waals surface area contributed by atoms with Gasteiger partial charge in [0.15, 0.2) is 11.4 Å². The van der Waals surface area contributed by atoms with Crippen molar-refractivity contribution < 1.29 is 4.74 Å². The maximum atomic E-state index is 8.85. The smallest absolute Gasteiger partial charge is 0.182 e. The van der Waals surface area contributed by atoms with Gasteiger partial charge in [-0.05, 0) is 12.1 Å². The number of hydrogen-bond acceptors (Lipinski definition) is 4. The maximum Gasteiger partial charge on any atom is 0.182 e. The molecule has 0 aromatic carbocycles. The minimum absolute atomic E-state index is 0.426. The zero-order chi connectivity index (χ0) is 10.1. The molecule has 70 valence electrons. The SMILES string of the molecule is COc1ccc(C#N)n2c(N)cnc12. The number of aromatic nitrogens is 2. The second kappa shape index (κ2) is 2.92. The van der Waals surface area contributed by atoms with Crippen LogP contribution in [-0.4, -0.2) is 16.5 Å². The number of anilines is 1. The predicted octanol–water partition coefficient (Wildman–Crippen LogP) is 0.797. The number of nitrogens with zero attached hydrogens (tertiary/aromatic N) is 3. The van der Waals surface area contributed by atoms with Gasteiger partial charge in [-0.2, -0.15) is 5.26 Å². The first-order chi connectivity index (χ1) is 6.77. The van der Waals surface area contributed by atoms with Crippen LogP contribution in [0.3, 0.4) is 0 Å². The average Bonchev–Trinajstić information content (AvgIpc) is 2.60. The van der Waals surface area contributed by atoms with Gasteiger partial charge in [0, 0.05) is 0 Å². The summed E-state index contributed by atoms with van der Waals surface area (Å²) in [6, 6.07) is 5.37. The van der Waals surface area contributed by atoms with E-state index >= 15 is 0 Å². The van der Waals surface area contributed by atoms with Gasteiger partial charge in [0.1, 0.15) is 17.6 Å². The quantitative estimate of drug-likeness (QED) is 0.718. The van der Waals surface area contributed by atoms with E-state index in [-0.39, 0.29) is 0 Å². The van der Waals surface area contributed by atoms with Crippen LogP contribution in [0.1, 0.15) is 5.69 Å². The van der Waals surface area contributed by atoms with E-state index in [2.05, 4.69) is 4.98 Å². The Morgan fingerprint density at radius 2 is 2.36 bits per heavy atom. The van der Waals surface area contributed by atoms with Crippen LogP contribution in [0, 0.1) is 11.3 Å². The largest absolute Gasteiger partial charge is 0.493 e. The Balaban J connectivity index is 2.89. The summed E-state index contributed by atoms with van der Waals surface area (Å²) in [5.41, 5.74) is 6.67. The van der Waals surface area contributed by atoms with Crippen molar-refractivity contribution in [3.8, 4) is 11.8 Å². The van der Waals surface area contributed by atoms with Crippen molar-refractivity contribution in [3.63, 3.8) is 0 Å². The zero-order valence-corrected chi connectivity index (χ0v) is 7.56. The zero-order valence-electron chi connectivity index (χ0n) is 7.56. The number of imidazole rings is 1. The normalized spacial score (nSPS) is 10.0. The van der Waals surface area contributed by atoms with Gasteiger partial charge in [-0.15, -0.1) is 0 Å². The topological polar surface area (TPSA) is 76.3 Å². The highest BCUT2D eigenvalue weighted by molar-refractivity contribution is 5.61. The van der Waals surface area contributed by atoms with Crippen molar-refractivity contribution in [1.29, 1.82) is 5.26 Å². The van der Waals surface area contributed by atoms with E-state index in [0.717, 1.165) is 0 Å². The molecule has 0 fully saturated rings. The monoisotopic (exact) mass is 188 g/mol. The fourth-order valence-electron chi connectivity index (χ4n) is 1.34. The van der Waals surface area contributed by atoms with Crippen LogP contribution in [0.5, 0.6) is 5.75 Å². The molecule has 0 saturated carbocycles. The molecule has 0 amide bonds. The van der Waals surface area contributed by atoms with Crippen molar-refractivity contribution in [1.82, 2.24) is 9.38 Å². The molecule has 0 aliphatic heterocycles. The first-order valence-corrected chi connectivity index (χ1v) is 3.98. The third-order valence-corrected chi connectivity index (χ3v) is 1.98. The van der Waals surface area contributed by atoms with Crippen LogP contribution in [0.15, 0.2) is 18.3 Å². The lowest BCUT2D eigenvalue weighted by atomic mass is 10.3. The minimum Gasteiger partial charge on any atom is -0.493 e. The fourth-order valence-corrected chi connectivity index (χ4v) is 1.34. The molecule has 5 nitrogen and oxygen atoms in total. The maximum absolute atomic E-state index is 8.85. The van der Waals surface area contributed by atoms with Gasteiger partial charge in [-0.1, -0.05) is 0 Å². The van der Waals surface area contributed by atoms with E-state index in [1.54, 1.807) is 23.6 Å². The Kier molecular flexibility index (Phi) is 1.75. The summed E-state index contributed by atoms with van der Waals surface area (Å²) in [4.78, 5) is 4.06. The standard InChI is InChI=1S/C9H8N4O/c1-14-7-3-2-6(4-10)13-8(11)5-12-9(7)13/h2-3,5H,11H2,1H3. The molecule has 0 aliphatic carbocycles. The second-order valence-electron chi connectivity index (χ2n) is 2.74. The van der Waals surface area contributed by atoms with Crippen LogP contribution < -0.4 is 10.5 Å². The highest BCUT2D eigenvalue weighted by Crippen LogP contribution is 2.22. The van der Waals surface area contributed by atoms with Gasteiger partial charge in [0.2, 0.25) is 0 Å². The summed E-state index contributed by atoms with van der Waals surface area (Å²) in [5.74, 6) is 1.02. The number of rotatable bonds is 1. The van der Waals surface area contributed by atoms with E-state index in [4.69, 9.17) is 15.7 Å². The summed E-state index contributed by atoms with van der Waals surface area (Å²) < 4.78 is 6.65. The number of methoxy groups -OCH3 is 1. The molecule has 0 unspecified atom stereocenters. The molecule has 0 aliphatic rings. The Labute approximate surface area is 80.3 Å². The van der Waals surface area contributed by atoms with E-state index in [9.17, 15) is 0 Å². The summed E-state index contributed by atoms with van der Waals surface area (Å²) in [5, 5.41) is 8.85. The Morgan fingerprint density at radius 1 is 1.57 bits per heavy atom. The van der Waals surface area contributed by atoms with Crippen molar-refractivity contribution in [2.45, 2.75) is 0 Å². The number of pyridine rings is 1. The highest BCUT2D eigenvalue weighted by Gasteiger charge is 2.09. The Hall–Kier alpha value is -2.22. The van der Waals surface area contributed by atoms with E-state index in [0.29, 0.717) is 22.9 Å². The van der Waals surface area contributed by atoms with Crippen molar-refractivity contribution in [3.05, 3.63) is 24.0 Å². The number of nitrogens with two attached hydrogens (primary N) is 1. The van der Waals surface area contributed by atoms with Gasteiger partial charge in [-0.25, -0.2) is 4.98 Å². The number of nitriles is 1. The average molecular weight is 188 g/mol. The number of hydrogen-bond donors (Lipinski definition) is 1. The lowest BCUT2D eigenvalue weighted by molar-refractivity contribution is 0.417. The molecule has 14 heavy (non-hydrogen) atoms. The number of ether oxygens (including phenoxy) is 1. The van der Waals surface area contributed by atoms with Crippen molar-refractivity contribution in [2.75, 3.05) is 12.8 Å². The van der Waals surface area contributed by atoms with Crippen LogP contribution in [0.25, 0.3) is 5.65 Å². The molecule has 2 heterocycles. The lowest BCUT2D eigenvalue weighted by Gasteiger charge is -2.03. The van der Waals surface area contributed by atoms with Gasteiger partial charge in [0.05, 0.1) is 13.3 Å². The molecule has 0 spiro atoms. The Bertz CT molecular complexity index is 523. The van der Waals surface area contributed by atoms with Crippen molar-refractivity contribution in [2.24, 2.45) is 0 Å². The third kappa shape index (κ3) is 0.977. The van der Waals surface area contributed by atoms with Gasteiger partial charge in [-0.3, -0.25) is 4.40 Å².